The molecular weight excluding hydrogens is 458 g/mol. The Morgan fingerprint density at radius 2 is 1.82 bits per heavy atom. The number of halogens is 2. The third-order valence-corrected chi connectivity index (χ3v) is 7.23. The minimum Gasteiger partial charge on any atom is -0.324 e. The summed E-state index contributed by atoms with van der Waals surface area (Å²) in [7, 11) is -1.03. The zero-order chi connectivity index (χ0) is 24.7. The van der Waals surface area contributed by atoms with Crippen molar-refractivity contribution in [2.45, 2.75) is 24.3 Å². The van der Waals surface area contributed by atoms with E-state index < -0.39 is 51.6 Å². The summed E-state index contributed by atoms with van der Waals surface area (Å²) in [6.07, 6.45) is 0. The molecule has 0 spiro atoms. The van der Waals surface area contributed by atoms with E-state index in [1.54, 1.807) is 6.92 Å². The Balaban J connectivity index is 1.81. The number of imide groups is 1. The smallest absolute Gasteiger partial charge is 0.324 e. The number of nitrogens with one attached hydrogen (secondary N) is 2. The maximum atomic E-state index is 14.2. The Kier molecular flexibility index (Phi) is 6.27. The Hall–Kier alpha value is -3.38. The number of urea groups is 1. The third kappa shape index (κ3) is 4.44. The van der Waals surface area contributed by atoms with E-state index in [1.807, 2.05) is 0 Å². The predicted octanol–water partition coefficient (Wildman–Crippen LogP) is 1.93. The average molecular weight is 480 g/mol. The molecule has 3 rings (SSSR count). The molecule has 176 valence electrons. The highest BCUT2D eigenvalue weighted by Crippen LogP contribution is 2.31. The van der Waals surface area contributed by atoms with E-state index >= 15 is 0 Å². The predicted molar refractivity (Wildman–Crippen MR) is 115 cm³/mol. The summed E-state index contributed by atoms with van der Waals surface area (Å²) >= 11 is 0. The molecule has 9 nitrogen and oxygen atoms in total. The van der Waals surface area contributed by atoms with Crippen LogP contribution in [0, 0.1) is 18.6 Å². The summed E-state index contributed by atoms with van der Waals surface area (Å²) in [6, 6.07) is 5.80. The molecule has 2 aromatic carbocycles. The molecule has 0 aromatic heterocycles. The van der Waals surface area contributed by atoms with E-state index in [1.165, 1.54) is 39.2 Å². The summed E-state index contributed by atoms with van der Waals surface area (Å²) in [6.45, 7) is 2.09. The highest BCUT2D eigenvalue weighted by atomic mass is 32.2. The number of nitrogens with zero attached hydrogens (tertiary/aromatic N) is 2. The first kappa shape index (κ1) is 24.3. The van der Waals surface area contributed by atoms with Gasteiger partial charge in [0.15, 0.2) is 0 Å². The van der Waals surface area contributed by atoms with Gasteiger partial charge in [0, 0.05) is 25.3 Å². The molecule has 0 aliphatic carbocycles. The van der Waals surface area contributed by atoms with Gasteiger partial charge in [-0.3, -0.25) is 14.5 Å². The first-order chi connectivity index (χ1) is 15.3. The van der Waals surface area contributed by atoms with E-state index in [0.29, 0.717) is 10.5 Å². The molecule has 1 aliphatic heterocycles. The van der Waals surface area contributed by atoms with Gasteiger partial charge in [0.25, 0.3) is 5.91 Å². The van der Waals surface area contributed by atoms with E-state index in [-0.39, 0.29) is 16.1 Å². The molecule has 2 N–H and O–H groups in total. The van der Waals surface area contributed by atoms with Gasteiger partial charge in [-0.25, -0.2) is 26.3 Å². The fourth-order valence-electron chi connectivity index (χ4n) is 3.40. The van der Waals surface area contributed by atoms with Crippen molar-refractivity contribution < 1.29 is 31.6 Å². The van der Waals surface area contributed by atoms with E-state index in [0.717, 1.165) is 22.5 Å². The molecule has 1 fully saturated rings. The number of benzene rings is 2. The van der Waals surface area contributed by atoms with Crippen LogP contribution in [0.1, 0.15) is 18.1 Å². The van der Waals surface area contributed by atoms with Crippen LogP contribution in [0.15, 0.2) is 41.3 Å². The monoisotopic (exact) mass is 480 g/mol. The van der Waals surface area contributed by atoms with Crippen LogP contribution in [-0.2, 0) is 25.2 Å². The number of aryl methyl sites for hydroxylation is 1. The number of anilines is 1. The lowest BCUT2D eigenvalue weighted by Gasteiger charge is -2.22. The van der Waals surface area contributed by atoms with Crippen molar-refractivity contribution in [3.05, 3.63) is 59.2 Å². The molecule has 0 bridgehead atoms. The summed E-state index contributed by atoms with van der Waals surface area (Å²) in [5.74, 6) is -3.42. The van der Waals surface area contributed by atoms with Gasteiger partial charge in [0.05, 0.1) is 4.90 Å². The van der Waals surface area contributed by atoms with Crippen molar-refractivity contribution in [2.75, 3.05) is 26.0 Å². The van der Waals surface area contributed by atoms with Gasteiger partial charge < -0.3 is 10.6 Å². The van der Waals surface area contributed by atoms with E-state index in [4.69, 9.17) is 0 Å². The van der Waals surface area contributed by atoms with Crippen molar-refractivity contribution in [1.82, 2.24) is 14.5 Å². The molecular formula is C21H22F2N4O5S. The maximum Gasteiger partial charge on any atom is 0.325 e. The van der Waals surface area contributed by atoms with Gasteiger partial charge in [-0.2, -0.15) is 0 Å². The van der Waals surface area contributed by atoms with Crippen LogP contribution < -0.4 is 10.6 Å². The summed E-state index contributed by atoms with van der Waals surface area (Å²) in [5.41, 5.74) is -1.68. The van der Waals surface area contributed by atoms with Crippen molar-refractivity contribution in [1.29, 1.82) is 0 Å². The molecule has 1 aliphatic rings. The SMILES string of the molecule is Cc1ccc(NC(=O)CN2C(=O)NC(C)(c3cc(F)ccc3F)C2=O)cc1S(=O)(=O)N(C)C. The minimum atomic E-state index is -3.77. The van der Waals surface area contributed by atoms with Crippen LogP contribution in [0.25, 0.3) is 0 Å². The van der Waals surface area contributed by atoms with Crippen LogP contribution in [-0.4, -0.2) is 56.1 Å². The topological polar surface area (TPSA) is 116 Å². The second kappa shape index (κ2) is 8.52. The third-order valence-electron chi connectivity index (χ3n) is 5.27. The van der Waals surface area contributed by atoms with Gasteiger partial charge in [0.2, 0.25) is 15.9 Å². The molecule has 1 heterocycles. The van der Waals surface area contributed by atoms with Gasteiger partial charge in [0.1, 0.15) is 23.7 Å². The second-order valence-corrected chi connectivity index (χ2v) is 10.0. The first-order valence-corrected chi connectivity index (χ1v) is 11.1. The molecule has 1 atom stereocenters. The first-order valence-electron chi connectivity index (χ1n) is 9.70. The number of carbonyl (C=O) groups excluding carboxylic acids is 3. The van der Waals surface area contributed by atoms with E-state index in [9.17, 15) is 31.6 Å². The fourth-order valence-corrected chi connectivity index (χ4v) is 4.54. The van der Waals surface area contributed by atoms with Crippen LogP contribution in [0.5, 0.6) is 0 Å². The van der Waals surface area contributed by atoms with Crippen LogP contribution >= 0.6 is 0 Å². The molecule has 2 aromatic rings. The Morgan fingerprint density at radius 3 is 2.45 bits per heavy atom. The summed E-state index contributed by atoms with van der Waals surface area (Å²) in [5, 5.41) is 4.74. The molecule has 1 saturated heterocycles. The minimum absolute atomic E-state index is 0.0190. The van der Waals surface area contributed by atoms with Crippen molar-refractivity contribution in [2.24, 2.45) is 0 Å². The zero-order valence-electron chi connectivity index (χ0n) is 18.3. The quantitative estimate of drug-likeness (QED) is 0.613. The number of hydrogen-bond donors (Lipinski definition) is 2. The Morgan fingerprint density at radius 1 is 1.15 bits per heavy atom. The lowest BCUT2D eigenvalue weighted by atomic mass is 9.91. The van der Waals surface area contributed by atoms with E-state index in [2.05, 4.69) is 10.6 Å². The zero-order valence-corrected chi connectivity index (χ0v) is 19.1. The molecule has 0 saturated carbocycles. The molecule has 12 heteroatoms. The highest BCUT2D eigenvalue weighted by Gasteiger charge is 2.50. The van der Waals surface area contributed by atoms with Gasteiger partial charge in [-0.15, -0.1) is 0 Å². The number of carbonyl (C=O) groups is 3. The van der Waals surface area contributed by atoms with Crippen molar-refractivity contribution >= 4 is 33.6 Å². The van der Waals surface area contributed by atoms with Crippen LogP contribution in [0.2, 0.25) is 0 Å². The molecule has 33 heavy (non-hydrogen) atoms. The standard InChI is InChI=1S/C21H22F2N4O5S/c1-12-5-7-14(10-17(12)33(31,32)26(3)4)24-18(28)11-27-19(29)21(2,25-20(27)30)15-9-13(22)6-8-16(15)23/h5-10H,11H2,1-4H3,(H,24,28)(H,25,30). The lowest BCUT2D eigenvalue weighted by molar-refractivity contribution is -0.133. The van der Waals surface area contributed by atoms with Crippen molar-refractivity contribution in [3.63, 3.8) is 0 Å². The fraction of sp³-hybridized carbons (Fsp3) is 0.286. The number of hydrogen-bond acceptors (Lipinski definition) is 5. The highest BCUT2D eigenvalue weighted by molar-refractivity contribution is 7.89. The normalized spacial score (nSPS) is 18.6. The lowest BCUT2D eigenvalue weighted by Crippen LogP contribution is -2.42. The summed E-state index contributed by atoms with van der Waals surface area (Å²) < 4.78 is 53.8. The van der Waals surface area contributed by atoms with Crippen molar-refractivity contribution in [3.8, 4) is 0 Å². The van der Waals surface area contributed by atoms with Crippen LogP contribution in [0.4, 0.5) is 19.3 Å². The van der Waals surface area contributed by atoms with Gasteiger partial charge in [-0.05, 0) is 49.7 Å². The molecule has 4 amide bonds. The van der Waals surface area contributed by atoms with Crippen LogP contribution in [0.3, 0.4) is 0 Å². The Bertz CT molecular complexity index is 1270. The molecule has 0 radical (unpaired) electrons. The number of sulfonamides is 1. The summed E-state index contributed by atoms with van der Waals surface area (Å²) in [4.78, 5) is 38.3. The maximum absolute atomic E-state index is 14.2. The largest absolute Gasteiger partial charge is 0.325 e. The van der Waals surface area contributed by atoms with Gasteiger partial charge >= 0.3 is 6.03 Å². The number of amides is 4. The average Bonchev–Trinajstić information content (AvgIpc) is 2.94. The Labute approximate surface area is 189 Å². The number of rotatable bonds is 6. The van der Waals surface area contributed by atoms with Gasteiger partial charge in [-0.1, -0.05) is 6.07 Å². The molecule has 1 unspecified atom stereocenters. The second-order valence-electron chi connectivity index (χ2n) is 7.89.